The van der Waals surface area contributed by atoms with E-state index in [0.717, 1.165) is 32.1 Å². The molecule has 1 fully saturated rings. The van der Waals surface area contributed by atoms with Crippen LogP contribution in [0, 0.1) is 18.8 Å². The van der Waals surface area contributed by atoms with Crippen molar-refractivity contribution in [2.45, 2.75) is 104 Å². The first-order valence-corrected chi connectivity index (χ1v) is 16.1. The quantitative estimate of drug-likeness (QED) is 0.198. The predicted octanol–water partition coefficient (Wildman–Crippen LogP) is 10.5. The summed E-state index contributed by atoms with van der Waals surface area (Å²) in [6, 6.07) is 27.9. The molecule has 1 saturated heterocycles. The Morgan fingerprint density at radius 1 is 0.881 bits per heavy atom. The van der Waals surface area contributed by atoms with Crippen LogP contribution in [0.1, 0.15) is 106 Å². The number of anilines is 1. The van der Waals surface area contributed by atoms with E-state index in [9.17, 15) is 0 Å². The zero-order chi connectivity index (χ0) is 30.4. The molecular formula is C40H54N2. The Kier molecular flexibility index (Phi) is 10.5. The molecule has 4 atom stereocenters. The molecule has 1 aliphatic rings. The van der Waals surface area contributed by atoms with E-state index in [4.69, 9.17) is 5.73 Å². The smallest absolute Gasteiger partial charge is 0.0670 e. The van der Waals surface area contributed by atoms with Crippen molar-refractivity contribution in [1.82, 2.24) is 0 Å². The van der Waals surface area contributed by atoms with Gasteiger partial charge in [-0.25, -0.2) is 0 Å². The highest BCUT2D eigenvalue weighted by Crippen LogP contribution is 2.51. The van der Waals surface area contributed by atoms with Crippen molar-refractivity contribution < 1.29 is 0 Å². The van der Waals surface area contributed by atoms with Crippen molar-refractivity contribution in [3.8, 4) is 0 Å². The van der Waals surface area contributed by atoms with Crippen LogP contribution in [-0.4, -0.2) is 5.54 Å². The summed E-state index contributed by atoms with van der Waals surface area (Å²) in [5.41, 5.74) is 16.8. The number of aryl methyl sites for hydroxylation is 3. The number of hydrogen-bond donors (Lipinski definition) is 1. The molecule has 0 spiro atoms. The molecule has 0 bridgehead atoms. The van der Waals surface area contributed by atoms with E-state index in [1.54, 1.807) is 0 Å². The molecule has 42 heavy (non-hydrogen) atoms. The fraction of sp³-hybridized carbons (Fsp3) is 0.450. The summed E-state index contributed by atoms with van der Waals surface area (Å²) < 4.78 is 0. The number of nitrogens with zero attached hydrogens (tertiary/aromatic N) is 1. The molecular weight excluding hydrogens is 508 g/mol. The fourth-order valence-electron chi connectivity index (χ4n) is 6.19. The van der Waals surface area contributed by atoms with Crippen LogP contribution in [0.3, 0.4) is 0 Å². The summed E-state index contributed by atoms with van der Waals surface area (Å²) in [7, 11) is 0. The molecule has 1 aliphatic heterocycles. The Hall–Kier alpha value is -3.10. The molecule has 0 aromatic heterocycles. The largest absolute Gasteiger partial charge is 0.337 e. The first-order valence-electron chi connectivity index (χ1n) is 16.1. The molecule has 2 N–H and O–H groups in total. The summed E-state index contributed by atoms with van der Waals surface area (Å²) in [4.78, 5) is 2.47. The van der Waals surface area contributed by atoms with Crippen molar-refractivity contribution in [1.29, 1.82) is 0 Å². The molecule has 4 rings (SSSR count). The third-order valence-electron chi connectivity index (χ3n) is 9.49. The van der Waals surface area contributed by atoms with Gasteiger partial charge in [0.05, 0.1) is 6.04 Å². The van der Waals surface area contributed by atoms with E-state index in [0.29, 0.717) is 23.8 Å². The van der Waals surface area contributed by atoms with Crippen molar-refractivity contribution in [2.75, 3.05) is 4.90 Å². The minimum absolute atomic E-state index is 0.145. The van der Waals surface area contributed by atoms with E-state index in [1.807, 2.05) is 0 Å². The monoisotopic (exact) mass is 562 g/mol. The summed E-state index contributed by atoms with van der Waals surface area (Å²) in [5, 5.41) is 0. The predicted molar refractivity (Wildman–Crippen MR) is 183 cm³/mol. The van der Waals surface area contributed by atoms with Crippen LogP contribution < -0.4 is 10.6 Å². The molecule has 3 aromatic rings. The van der Waals surface area contributed by atoms with Gasteiger partial charge in [0.2, 0.25) is 0 Å². The van der Waals surface area contributed by atoms with Gasteiger partial charge in [0, 0.05) is 22.8 Å². The lowest BCUT2D eigenvalue weighted by molar-refractivity contribution is 0.333. The summed E-state index contributed by atoms with van der Waals surface area (Å²) >= 11 is 0. The minimum Gasteiger partial charge on any atom is -0.337 e. The van der Waals surface area contributed by atoms with Crippen LogP contribution in [0.5, 0.6) is 0 Å². The van der Waals surface area contributed by atoms with Gasteiger partial charge in [-0.1, -0.05) is 98.8 Å². The first-order chi connectivity index (χ1) is 19.9. The average molecular weight is 563 g/mol. The van der Waals surface area contributed by atoms with Gasteiger partial charge in [0.1, 0.15) is 0 Å². The van der Waals surface area contributed by atoms with Gasteiger partial charge in [-0.2, -0.15) is 0 Å². The Balaban J connectivity index is 1.49. The van der Waals surface area contributed by atoms with E-state index in [-0.39, 0.29) is 5.54 Å². The maximum atomic E-state index is 6.24. The van der Waals surface area contributed by atoms with Crippen molar-refractivity contribution in [3.63, 3.8) is 0 Å². The second-order valence-electron chi connectivity index (χ2n) is 13.8. The maximum absolute atomic E-state index is 6.24. The molecule has 1 heterocycles. The SMILES string of the molecule is C=C(C)C(C)CCCc1ccc(C2C(CCC(C)c3ccc(C)cc3)C(=C)N2c2ccc(CCC(C)(C)N)cc2)cc1. The second-order valence-corrected chi connectivity index (χ2v) is 13.8. The van der Waals surface area contributed by atoms with Gasteiger partial charge >= 0.3 is 0 Å². The molecule has 0 saturated carbocycles. The Bertz CT molecular complexity index is 1310. The van der Waals surface area contributed by atoms with Crippen LogP contribution >= 0.6 is 0 Å². The van der Waals surface area contributed by atoms with Crippen molar-refractivity contribution in [2.24, 2.45) is 17.6 Å². The van der Waals surface area contributed by atoms with Gasteiger partial charge in [0.25, 0.3) is 0 Å². The topological polar surface area (TPSA) is 29.3 Å². The van der Waals surface area contributed by atoms with Gasteiger partial charge in [-0.15, -0.1) is 0 Å². The summed E-state index contributed by atoms with van der Waals surface area (Å²) in [6.07, 6.45) is 7.80. The van der Waals surface area contributed by atoms with E-state index < -0.39 is 0 Å². The van der Waals surface area contributed by atoms with Crippen molar-refractivity contribution >= 4 is 5.69 Å². The van der Waals surface area contributed by atoms with Gasteiger partial charge in [0.15, 0.2) is 0 Å². The number of benzene rings is 3. The third-order valence-corrected chi connectivity index (χ3v) is 9.49. The molecule has 2 nitrogen and oxygen atoms in total. The van der Waals surface area contributed by atoms with Gasteiger partial charge < -0.3 is 10.6 Å². The Morgan fingerprint density at radius 3 is 2.07 bits per heavy atom. The van der Waals surface area contributed by atoms with Crippen LogP contribution in [0.2, 0.25) is 0 Å². The molecule has 2 heteroatoms. The number of rotatable bonds is 14. The highest BCUT2D eigenvalue weighted by atomic mass is 15.2. The number of hydrogen-bond acceptors (Lipinski definition) is 2. The molecule has 0 amide bonds. The molecule has 0 radical (unpaired) electrons. The van der Waals surface area contributed by atoms with Crippen molar-refractivity contribution in [3.05, 3.63) is 125 Å². The molecule has 0 aliphatic carbocycles. The number of nitrogens with two attached hydrogens (primary N) is 1. The highest BCUT2D eigenvalue weighted by Gasteiger charge is 2.43. The van der Waals surface area contributed by atoms with Crippen LogP contribution in [-0.2, 0) is 12.8 Å². The van der Waals surface area contributed by atoms with E-state index in [1.165, 1.54) is 57.6 Å². The minimum atomic E-state index is -0.145. The number of allylic oxidation sites excluding steroid dienone is 1. The van der Waals surface area contributed by atoms with E-state index in [2.05, 4.69) is 132 Å². The molecule has 3 aromatic carbocycles. The summed E-state index contributed by atoms with van der Waals surface area (Å²) in [5.74, 6) is 1.57. The van der Waals surface area contributed by atoms with Crippen LogP contribution in [0.4, 0.5) is 5.69 Å². The van der Waals surface area contributed by atoms with Crippen LogP contribution in [0.25, 0.3) is 0 Å². The molecule has 4 unspecified atom stereocenters. The lowest BCUT2D eigenvalue weighted by atomic mass is 9.75. The average Bonchev–Trinajstić information content (AvgIpc) is 2.95. The zero-order valence-corrected chi connectivity index (χ0v) is 27.1. The first kappa shape index (κ1) is 31.8. The zero-order valence-electron chi connectivity index (χ0n) is 27.1. The lowest BCUT2D eigenvalue weighted by Gasteiger charge is -2.52. The van der Waals surface area contributed by atoms with Gasteiger partial charge in [-0.05, 0) is 119 Å². The second kappa shape index (κ2) is 13.9. The fourth-order valence-corrected chi connectivity index (χ4v) is 6.19. The maximum Gasteiger partial charge on any atom is 0.0670 e. The third kappa shape index (κ3) is 8.26. The lowest BCUT2D eigenvalue weighted by Crippen LogP contribution is -2.47. The van der Waals surface area contributed by atoms with E-state index >= 15 is 0 Å². The summed E-state index contributed by atoms with van der Waals surface area (Å²) in [6.45, 7) is 21.9. The molecule has 224 valence electrons. The Labute approximate surface area is 256 Å². The Morgan fingerprint density at radius 2 is 1.48 bits per heavy atom. The van der Waals surface area contributed by atoms with Gasteiger partial charge in [-0.3, -0.25) is 0 Å². The highest BCUT2D eigenvalue weighted by molar-refractivity contribution is 5.61. The normalized spacial score (nSPS) is 18.5. The van der Waals surface area contributed by atoms with Crippen LogP contribution in [0.15, 0.2) is 97.2 Å². The standard InChI is InChI=1S/C40H54N2/c1-28(2)30(4)10-9-11-33-15-21-36(22-16-33)39-38(25-14-31(5)35-19-12-29(3)13-20-35)32(6)42(39)37-23-17-34(18-24-37)26-27-40(7,8)41/h12-13,15-24,30-31,38-39H,1,6,9-11,14,25-27,41H2,2-5,7-8H3.